The van der Waals surface area contributed by atoms with Gasteiger partial charge in [-0.25, -0.2) is 0 Å². The quantitative estimate of drug-likeness (QED) is 0.623. The lowest BCUT2D eigenvalue weighted by Gasteiger charge is -2.13. The first kappa shape index (κ1) is 13.4. The Balaban J connectivity index is 2.15. The summed E-state index contributed by atoms with van der Waals surface area (Å²) in [6.45, 7) is 4.51. The summed E-state index contributed by atoms with van der Waals surface area (Å²) in [5.41, 5.74) is 3.92. The van der Waals surface area contributed by atoms with Crippen LogP contribution in [0.4, 0.5) is 0 Å². The van der Waals surface area contributed by atoms with E-state index in [-0.39, 0.29) is 0 Å². The second-order valence-corrected chi connectivity index (χ2v) is 6.19. The summed E-state index contributed by atoms with van der Waals surface area (Å²) in [5, 5.41) is 0. The van der Waals surface area contributed by atoms with Crippen molar-refractivity contribution in [2.75, 3.05) is 0 Å². The zero-order valence-corrected chi connectivity index (χ0v) is 12.5. The van der Waals surface area contributed by atoms with Gasteiger partial charge in [-0.1, -0.05) is 84.4 Å². The highest BCUT2D eigenvalue weighted by molar-refractivity contribution is 9.09. The number of hydrogen-bond acceptors (Lipinski definition) is 0. The highest BCUT2D eigenvalue weighted by Crippen LogP contribution is 2.31. The zero-order chi connectivity index (χ0) is 13.0. The van der Waals surface area contributed by atoms with Gasteiger partial charge in [0.1, 0.15) is 0 Å². The normalized spacial score (nSPS) is 12.7. The minimum atomic E-state index is 0.460. The first-order chi connectivity index (χ1) is 8.66. The van der Waals surface area contributed by atoms with E-state index in [0.717, 1.165) is 0 Å². The molecule has 1 unspecified atom stereocenters. The summed E-state index contributed by atoms with van der Waals surface area (Å²) < 4.78 is 0. The van der Waals surface area contributed by atoms with Crippen molar-refractivity contribution in [2.24, 2.45) is 5.92 Å². The van der Waals surface area contributed by atoms with Gasteiger partial charge in [0.25, 0.3) is 0 Å². The highest BCUT2D eigenvalue weighted by atomic mass is 79.9. The third-order valence-electron chi connectivity index (χ3n) is 3.06. The topological polar surface area (TPSA) is 0 Å². The first-order valence-corrected chi connectivity index (χ1v) is 7.38. The molecule has 0 heterocycles. The molecule has 0 aliphatic heterocycles. The van der Waals surface area contributed by atoms with Crippen LogP contribution in [0.15, 0.2) is 54.6 Å². The SMILES string of the molecule is CC(C)CC(Br)c1ccc(-c2ccccc2)cc1. The van der Waals surface area contributed by atoms with E-state index in [4.69, 9.17) is 0 Å². The van der Waals surface area contributed by atoms with Gasteiger partial charge in [0.05, 0.1) is 0 Å². The van der Waals surface area contributed by atoms with Gasteiger partial charge in [0.15, 0.2) is 0 Å². The fraction of sp³-hybridized carbons (Fsp3) is 0.294. The van der Waals surface area contributed by atoms with Crippen LogP contribution < -0.4 is 0 Å². The van der Waals surface area contributed by atoms with Gasteiger partial charge >= 0.3 is 0 Å². The number of halogens is 1. The lowest BCUT2D eigenvalue weighted by Crippen LogP contribution is -1.95. The smallest absolute Gasteiger partial charge is 0.0397 e. The Labute approximate surface area is 118 Å². The molecule has 18 heavy (non-hydrogen) atoms. The fourth-order valence-electron chi connectivity index (χ4n) is 2.06. The minimum Gasteiger partial charge on any atom is -0.0839 e. The van der Waals surface area contributed by atoms with Gasteiger partial charge in [-0.3, -0.25) is 0 Å². The maximum Gasteiger partial charge on any atom is 0.0397 e. The van der Waals surface area contributed by atoms with E-state index < -0.39 is 0 Å². The van der Waals surface area contributed by atoms with Crippen molar-refractivity contribution >= 4 is 15.9 Å². The molecule has 0 bridgehead atoms. The molecule has 0 aromatic heterocycles. The van der Waals surface area contributed by atoms with Crippen LogP contribution in [0.25, 0.3) is 11.1 Å². The predicted octanol–water partition coefficient (Wildman–Crippen LogP) is 5.84. The van der Waals surface area contributed by atoms with Gasteiger partial charge in [-0.2, -0.15) is 0 Å². The number of rotatable bonds is 4. The molecular weight excluding hydrogens is 284 g/mol. The molecule has 0 amide bonds. The van der Waals surface area contributed by atoms with E-state index in [2.05, 4.69) is 84.4 Å². The minimum absolute atomic E-state index is 0.460. The Hall–Kier alpha value is -1.08. The van der Waals surface area contributed by atoms with Gasteiger partial charge in [0.2, 0.25) is 0 Å². The molecule has 2 rings (SSSR count). The molecule has 0 fully saturated rings. The van der Waals surface area contributed by atoms with Crippen LogP contribution in [0, 0.1) is 5.92 Å². The molecular formula is C17H19Br. The molecule has 0 aliphatic rings. The van der Waals surface area contributed by atoms with Gasteiger partial charge in [0, 0.05) is 4.83 Å². The summed E-state index contributed by atoms with van der Waals surface area (Å²) in [5.74, 6) is 0.711. The van der Waals surface area contributed by atoms with Crippen molar-refractivity contribution in [1.82, 2.24) is 0 Å². The van der Waals surface area contributed by atoms with Crippen molar-refractivity contribution in [2.45, 2.75) is 25.1 Å². The summed E-state index contributed by atoms with van der Waals surface area (Å²) in [4.78, 5) is 0.460. The molecule has 0 saturated heterocycles. The average molecular weight is 303 g/mol. The Morgan fingerprint density at radius 3 is 1.94 bits per heavy atom. The van der Waals surface area contributed by atoms with Crippen molar-refractivity contribution < 1.29 is 0 Å². The Morgan fingerprint density at radius 1 is 0.833 bits per heavy atom. The lowest BCUT2D eigenvalue weighted by atomic mass is 9.99. The summed E-state index contributed by atoms with van der Waals surface area (Å²) >= 11 is 3.77. The monoisotopic (exact) mass is 302 g/mol. The molecule has 0 radical (unpaired) electrons. The maximum atomic E-state index is 3.77. The van der Waals surface area contributed by atoms with Crippen LogP contribution >= 0.6 is 15.9 Å². The second kappa shape index (κ2) is 6.19. The van der Waals surface area contributed by atoms with Gasteiger partial charge < -0.3 is 0 Å². The highest BCUT2D eigenvalue weighted by Gasteiger charge is 2.09. The molecule has 94 valence electrons. The summed E-state index contributed by atoms with van der Waals surface area (Å²) in [6.07, 6.45) is 1.17. The summed E-state index contributed by atoms with van der Waals surface area (Å²) in [7, 11) is 0. The molecule has 1 atom stereocenters. The van der Waals surface area contributed by atoms with Crippen LogP contribution in [0.5, 0.6) is 0 Å². The van der Waals surface area contributed by atoms with E-state index in [1.54, 1.807) is 0 Å². The zero-order valence-electron chi connectivity index (χ0n) is 10.9. The van der Waals surface area contributed by atoms with Crippen LogP contribution in [0.1, 0.15) is 30.7 Å². The van der Waals surface area contributed by atoms with E-state index in [9.17, 15) is 0 Å². The molecule has 0 saturated carbocycles. The van der Waals surface area contributed by atoms with Crippen molar-refractivity contribution in [3.8, 4) is 11.1 Å². The van der Waals surface area contributed by atoms with E-state index in [1.165, 1.54) is 23.1 Å². The van der Waals surface area contributed by atoms with Crippen LogP contribution in [0.2, 0.25) is 0 Å². The maximum absolute atomic E-state index is 3.77. The van der Waals surface area contributed by atoms with Crippen LogP contribution in [-0.4, -0.2) is 0 Å². The van der Waals surface area contributed by atoms with Crippen LogP contribution in [-0.2, 0) is 0 Å². The third-order valence-corrected chi connectivity index (χ3v) is 3.96. The van der Waals surface area contributed by atoms with Crippen molar-refractivity contribution in [3.63, 3.8) is 0 Å². The van der Waals surface area contributed by atoms with Crippen molar-refractivity contribution in [1.29, 1.82) is 0 Å². The van der Waals surface area contributed by atoms with Gasteiger partial charge in [-0.15, -0.1) is 0 Å². The van der Waals surface area contributed by atoms with Crippen LogP contribution in [0.3, 0.4) is 0 Å². The predicted molar refractivity (Wildman–Crippen MR) is 83.0 cm³/mol. The average Bonchev–Trinajstić information content (AvgIpc) is 2.39. The number of alkyl halides is 1. The third kappa shape index (κ3) is 3.46. The summed E-state index contributed by atoms with van der Waals surface area (Å²) in [6, 6.07) is 19.4. The number of benzene rings is 2. The Bertz CT molecular complexity index is 471. The molecule has 1 heteroatoms. The standard InChI is InChI=1S/C17H19Br/c1-13(2)12-17(18)16-10-8-15(9-11-16)14-6-4-3-5-7-14/h3-11,13,17H,12H2,1-2H3. The first-order valence-electron chi connectivity index (χ1n) is 6.46. The van der Waals surface area contributed by atoms with Gasteiger partial charge in [-0.05, 0) is 29.0 Å². The van der Waals surface area contributed by atoms with E-state index in [1.807, 2.05) is 0 Å². The van der Waals surface area contributed by atoms with E-state index >= 15 is 0 Å². The number of hydrogen-bond donors (Lipinski definition) is 0. The molecule has 0 nitrogen and oxygen atoms in total. The Morgan fingerprint density at radius 2 is 1.39 bits per heavy atom. The Kier molecular flexibility index (Phi) is 4.60. The van der Waals surface area contributed by atoms with E-state index in [0.29, 0.717) is 10.7 Å². The molecule has 0 aliphatic carbocycles. The lowest BCUT2D eigenvalue weighted by molar-refractivity contribution is 0.584. The molecule has 2 aromatic rings. The fourth-order valence-corrected chi connectivity index (χ4v) is 3.12. The molecule has 0 spiro atoms. The second-order valence-electron chi connectivity index (χ2n) is 5.09. The molecule has 2 aromatic carbocycles. The van der Waals surface area contributed by atoms with Crippen molar-refractivity contribution in [3.05, 3.63) is 60.2 Å². The largest absolute Gasteiger partial charge is 0.0839 e. The molecule has 0 N–H and O–H groups in total.